The van der Waals surface area contributed by atoms with Gasteiger partial charge in [-0.3, -0.25) is 0 Å². The molecule has 0 fully saturated rings. The third-order valence-corrected chi connectivity index (χ3v) is 4.80. The summed E-state index contributed by atoms with van der Waals surface area (Å²) in [5, 5.41) is 1.94. The van der Waals surface area contributed by atoms with E-state index in [1.165, 1.54) is 0 Å². The highest BCUT2D eigenvalue weighted by molar-refractivity contribution is 9.10. The summed E-state index contributed by atoms with van der Waals surface area (Å²) in [6, 6.07) is 5.30. The van der Waals surface area contributed by atoms with Gasteiger partial charge in [-0.25, -0.2) is 4.79 Å². The Bertz CT molecular complexity index is 820. The molecular weight excluding hydrogens is 342 g/mol. The van der Waals surface area contributed by atoms with Crippen LogP contribution in [0.4, 0.5) is 0 Å². The number of methoxy groups -OCH3 is 1. The topological polar surface area (TPSA) is 83.9 Å². The van der Waals surface area contributed by atoms with Crippen LogP contribution in [0.3, 0.4) is 0 Å². The molecule has 5 nitrogen and oxygen atoms in total. The maximum absolute atomic E-state index is 11.3. The molecule has 1 atom stereocenters. The fraction of sp³-hybridized carbons (Fsp3) is 0.154. The monoisotopic (exact) mass is 353 g/mol. The van der Waals surface area contributed by atoms with Crippen molar-refractivity contribution in [3.63, 3.8) is 0 Å². The molecule has 3 rings (SSSR count). The molecule has 4 N–H and O–H groups in total. The van der Waals surface area contributed by atoms with Gasteiger partial charge in [-0.05, 0) is 29.1 Å². The predicted molar refractivity (Wildman–Crippen MR) is 83.5 cm³/mol. The fourth-order valence-electron chi connectivity index (χ4n) is 2.16. The number of aromatic amines is 2. The number of fused-ring (bicyclic) bond motifs is 1. The van der Waals surface area contributed by atoms with E-state index in [2.05, 4.69) is 25.9 Å². The maximum atomic E-state index is 11.3. The molecule has 0 aliphatic heterocycles. The van der Waals surface area contributed by atoms with Gasteiger partial charge in [0.2, 0.25) is 0 Å². The second-order valence-corrected chi connectivity index (χ2v) is 6.13. The van der Waals surface area contributed by atoms with Crippen LogP contribution in [0.15, 0.2) is 32.8 Å². The van der Waals surface area contributed by atoms with E-state index < -0.39 is 0 Å². The molecule has 20 heavy (non-hydrogen) atoms. The minimum absolute atomic E-state index is 0.230. The van der Waals surface area contributed by atoms with Gasteiger partial charge >= 0.3 is 5.69 Å². The van der Waals surface area contributed by atoms with Crippen LogP contribution in [0, 0.1) is 0 Å². The average Bonchev–Trinajstić information content (AvgIpc) is 3.01. The molecule has 1 unspecified atom stereocenters. The van der Waals surface area contributed by atoms with Crippen LogP contribution < -0.4 is 16.2 Å². The number of H-pyrrole nitrogens is 2. The third-order valence-electron chi connectivity index (χ3n) is 3.13. The molecule has 7 heteroatoms. The molecule has 1 aromatic carbocycles. The Morgan fingerprint density at radius 2 is 2.05 bits per heavy atom. The summed E-state index contributed by atoms with van der Waals surface area (Å²) in [6.07, 6.45) is 0. The second-order valence-electron chi connectivity index (χ2n) is 4.33. The quantitative estimate of drug-likeness (QED) is 0.676. The van der Waals surface area contributed by atoms with Gasteiger partial charge in [-0.15, -0.1) is 11.3 Å². The fourth-order valence-corrected chi connectivity index (χ4v) is 3.63. The van der Waals surface area contributed by atoms with E-state index in [9.17, 15) is 4.79 Å². The Hall–Kier alpha value is -1.57. The number of aromatic nitrogens is 2. The SMILES string of the molecule is COc1ccsc1C(N)c1cc2[nH]c(=O)[nH]c2cc1Br. The van der Waals surface area contributed by atoms with Crippen molar-refractivity contribution in [1.29, 1.82) is 0 Å². The molecule has 0 spiro atoms. The lowest BCUT2D eigenvalue weighted by Gasteiger charge is -2.14. The van der Waals surface area contributed by atoms with Crippen molar-refractivity contribution in [3.8, 4) is 5.75 Å². The lowest BCUT2D eigenvalue weighted by Crippen LogP contribution is -2.12. The van der Waals surface area contributed by atoms with Crippen molar-refractivity contribution in [1.82, 2.24) is 9.97 Å². The van der Waals surface area contributed by atoms with Crippen LogP contribution in [0.2, 0.25) is 0 Å². The minimum Gasteiger partial charge on any atom is -0.496 e. The van der Waals surface area contributed by atoms with Gasteiger partial charge in [0.15, 0.2) is 0 Å². The van der Waals surface area contributed by atoms with E-state index in [0.29, 0.717) is 0 Å². The van der Waals surface area contributed by atoms with Crippen LogP contribution in [0.25, 0.3) is 11.0 Å². The first-order valence-electron chi connectivity index (χ1n) is 5.88. The smallest absolute Gasteiger partial charge is 0.323 e. The number of imidazole rings is 1. The molecule has 104 valence electrons. The van der Waals surface area contributed by atoms with Crippen molar-refractivity contribution in [2.45, 2.75) is 6.04 Å². The summed E-state index contributed by atoms with van der Waals surface area (Å²) in [6.45, 7) is 0. The number of thiophene rings is 1. The van der Waals surface area contributed by atoms with E-state index in [1.54, 1.807) is 18.4 Å². The molecule has 0 bridgehead atoms. The molecule has 2 aromatic heterocycles. The zero-order valence-electron chi connectivity index (χ0n) is 10.6. The molecule has 2 heterocycles. The van der Waals surface area contributed by atoms with Gasteiger partial charge in [0.1, 0.15) is 5.75 Å². The van der Waals surface area contributed by atoms with Crippen molar-refractivity contribution < 1.29 is 4.74 Å². The largest absolute Gasteiger partial charge is 0.496 e. The molecule has 0 amide bonds. The molecule has 0 aliphatic carbocycles. The lowest BCUT2D eigenvalue weighted by molar-refractivity contribution is 0.411. The predicted octanol–water partition coefficient (Wildman–Crippen LogP) is 2.74. The Kier molecular flexibility index (Phi) is 3.41. The van der Waals surface area contributed by atoms with E-state index in [4.69, 9.17) is 10.5 Å². The molecule has 3 aromatic rings. The lowest BCUT2D eigenvalue weighted by atomic mass is 10.1. The van der Waals surface area contributed by atoms with E-state index >= 15 is 0 Å². The first-order valence-corrected chi connectivity index (χ1v) is 7.56. The highest BCUT2D eigenvalue weighted by Gasteiger charge is 2.19. The second kappa shape index (κ2) is 5.08. The van der Waals surface area contributed by atoms with Crippen molar-refractivity contribution >= 4 is 38.3 Å². The normalized spacial score (nSPS) is 12.8. The summed E-state index contributed by atoms with van der Waals surface area (Å²) in [5.74, 6) is 0.775. The van der Waals surface area contributed by atoms with Gasteiger partial charge < -0.3 is 20.4 Å². The average molecular weight is 354 g/mol. The van der Waals surface area contributed by atoms with Crippen molar-refractivity contribution in [2.24, 2.45) is 5.73 Å². The van der Waals surface area contributed by atoms with Gasteiger partial charge in [0.25, 0.3) is 0 Å². The Labute approximate surface area is 126 Å². The summed E-state index contributed by atoms with van der Waals surface area (Å²) < 4.78 is 6.16. The number of hydrogen-bond acceptors (Lipinski definition) is 4. The van der Waals surface area contributed by atoms with Crippen LogP contribution in [-0.4, -0.2) is 17.1 Å². The molecular formula is C13H12BrN3O2S. The molecule has 0 saturated carbocycles. The minimum atomic E-state index is -0.317. The number of benzene rings is 1. The maximum Gasteiger partial charge on any atom is 0.323 e. The number of hydrogen-bond donors (Lipinski definition) is 3. The van der Waals surface area contributed by atoms with Crippen LogP contribution in [0.5, 0.6) is 5.75 Å². The van der Waals surface area contributed by atoms with E-state index in [0.717, 1.165) is 31.7 Å². The summed E-state index contributed by atoms with van der Waals surface area (Å²) in [4.78, 5) is 17.7. The summed E-state index contributed by atoms with van der Waals surface area (Å²) in [5.41, 5.74) is 8.48. The van der Waals surface area contributed by atoms with Crippen LogP contribution >= 0.6 is 27.3 Å². The number of ether oxygens (including phenoxy) is 1. The highest BCUT2D eigenvalue weighted by atomic mass is 79.9. The standard InChI is InChI=1S/C13H12BrN3O2S/c1-19-10-2-3-20-12(10)11(15)6-4-8-9(5-7(6)14)17-13(18)16-8/h2-5,11H,15H2,1H3,(H2,16,17,18). The first kappa shape index (κ1) is 13.4. The van der Waals surface area contributed by atoms with Gasteiger partial charge in [-0.1, -0.05) is 15.9 Å². The molecule has 0 aliphatic rings. The van der Waals surface area contributed by atoms with E-state index in [-0.39, 0.29) is 11.7 Å². The van der Waals surface area contributed by atoms with Crippen LogP contribution in [0.1, 0.15) is 16.5 Å². The van der Waals surface area contributed by atoms with E-state index in [1.807, 2.05) is 23.6 Å². The number of nitrogens with two attached hydrogens (primary N) is 1. The highest BCUT2D eigenvalue weighted by Crippen LogP contribution is 2.36. The van der Waals surface area contributed by atoms with Gasteiger partial charge in [-0.2, -0.15) is 0 Å². The number of halogens is 1. The summed E-state index contributed by atoms with van der Waals surface area (Å²) in [7, 11) is 1.63. The van der Waals surface area contributed by atoms with Gasteiger partial charge in [0, 0.05) is 4.47 Å². The number of nitrogens with one attached hydrogen (secondary N) is 2. The summed E-state index contributed by atoms with van der Waals surface area (Å²) >= 11 is 5.05. The Morgan fingerprint density at radius 3 is 2.75 bits per heavy atom. The van der Waals surface area contributed by atoms with Crippen LogP contribution in [-0.2, 0) is 0 Å². The number of rotatable bonds is 3. The van der Waals surface area contributed by atoms with Crippen molar-refractivity contribution in [2.75, 3.05) is 7.11 Å². The third kappa shape index (κ3) is 2.17. The Morgan fingerprint density at radius 1 is 1.35 bits per heavy atom. The van der Waals surface area contributed by atoms with Crippen molar-refractivity contribution in [3.05, 3.63) is 49.0 Å². The van der Waals surface area contributed by atoms with Gasteiger partial charge in [0.05, 0.1) is 29.1 Å². The zero-order chi connectivity index (χ0) is 14.3. The zero-order valence-corrected chi connectivity index (χ0v) is 13.0. The molecule has 0 radical (unpaired) electrons. The first-order chi connectivity index (χ1) is 9.60. The Balaban J connectivity index is 2.13. The molecule has 0 saturated heterocycles.